The molecular formula is C32H27N5O2S. The van der Waals surface area contributed by atoms with Gasteiger partial charge in [0.25, 0.3) is 0 Å². The van der Waals surface area contributed by atoms with E-state index in [0.29, 0.717) is 16.0 Å². The summed E-state index contributed by atoms with van der Waals surface area (Å²) in [5.41, 5.74) is 3.52. The lowest BCUT2D eigenvalue weighted by molar-refractivity contribution is 0.415. The Morgan fingerprint density at radius 2 is 1.25 bits per heavy atom. The highest BCUT2D eigenvalue weighted by atomic mass is 32.2. The van der Waals surface area contributed by atoms with Gasteiger partial charge in [0.2, 0.25) is 5.17 Å². The van der Waals surface area contributed by atoms with Crippen LogP contribution in [0.4, 0.5) is 17.1 Å². The van der Waals surface area contributed by atoms with Crippen LogP contribution in [0.1, 0.15) is 5.56 Å². The van der Waals surface area contributed by atoms with E-state index in [0.717, 1.165) is 34.1 Å². The molecule has 0 aliphatic carbocycles. The van der Waals surface area contributed by atoms with Crippen molar-refractivity contribution in [3.05, 3.63) is 121 Å². The molecule has 1 heterocycles. The minimum atomic E-state index is 0.634. The summed E-state index contributed by atoms with van der Waals surface area (Å²) in [6.45, 7) is 0. The minimum absolute atomic E-state index is 0.634. The highest BCUT2D eigenvalue weighted by Gasteiger charge is 2.34. The topological polar surface area (TPSA) is 71.1 Å². The molecule has 4 aromatic rings. The number of methoxy groups -OCH3 is 2. The van der Waals surface area contributed by atoms with Gasteiger partial charge >= 0.3 is 0 Å². The van der Waals surface area contributed by atoms with E-state index in [2.05, 4.69) is 10.2 Å². The lowest BCUT2D eigenvalue weighted by Gasteiger charge is -2.17. The Morgan fingerprint density at radius 1 is 0.675 bits per heavy atom. The zero-order chi connectivity index (χ0) is 27.6. The summed E-state index contributed by atoms with van der Waals surface area (Å²) < 4.78 is 10.6. The first-order valence-electron chi connectivity index (χ1n) is 12.5. The van der Waals surface area contributed by atoms with E-state index < -0.39 is 0 Å². The highest BCUT2D eigenvalue weighted by Crippen LogP contribution is 2.33. The van der Waals surface area contributed by atoms with Crippen molar-refractivity contribution in [3.63, 3.8) is 0 Å². The molecular weight excluding hydrogens is 518 g/mol. The predicted molar refractivity (Wildman–Crippen MR) is 168 cm³/mol. The Morgan fingerprint density at radius 3 is 1.85 bits per heavy atom. The quantitative estimate of drug-likeness (QED) is 0.167. The number of para-hydroxylation sites is 1. The van der Waals surface area contributed by atoms with Gasteiger partial charge < -0.3 is 9.47 Å². The zero-order valence-electron chi connectivity index (χ0n) is 22.1. The van der Waals surface area contributed by atoms with Crippen LogP contribution in [-0.2, 0) is 0 Å². The number of nitrogens with zero attached hydrogens (tertiary/aromatic N) is 5. The van der Waals surface area contributed by atoms with Gasteiger partial charge in [0, 0.05) is 11.9 Å². The number of benzene rings is 4. The summed E-state index contributed by atoms with van der Waals surface area (Å²) in [6, 6.07) is 35.2. The van der Waals surface area contributed by atoms with Gasteiger partial charge in [-0.05, 0) is 84.1 Å². The number of amidine groups is 2. The number of anilines is 1. The molecule has 40 heavy (non-hydrogen) atoms. The zero-order valence-corrected chi connectivity index (χ0v) is 22.9. The molecule has 0 bridgehead atoms. The van der Waals surface area contributed by atoms with Crippen LogP contribution in [-0.4, -0.2) is 36.5 Å². The van der Waals surface area contributed by atoms with Crippen LogP contribution in [0.25, 0.3) is 6.08 Å². The Hall–Kier alpha value is -4.95. The van der Waals surface area contributed by atoms with Crippen molar-refractivity contribution in [2.45, 2.75) is 0 Å². The molecule has 1 fully saturated rings. The van der Waals surface area contributed by atoms with Crippen molar-refractivity contribution in [2.75, 3.05) is 19.1 Å². The normalized spacial score (nSPS) is 16.6. The molecule has 7 nitrogen and oxygen atoms in total. The molecule has 0 N–H and O–H groups in total. The molecule has 0 aromatic heterocycles. The first kappa shape index (κ1) is 26.6. The first-order valence-corrected chi connectivity index (χ1v) is 13.4. The summed E-state index contributed by atoms with van der Waals surface area (Å²) >= 11 is 1.41. The highest BCUT2D eigenvalue weighted by molar-refractivity contribution is 8.29. The lowest BCUT2D eigenvalue weighted by atomic mass is 10.2. The van der Waals surface area contributed by atoms with Gasteiger partial charge in [-0.15, -0.1) is 5.10 Å². The van der Waals surface area contributed by atoms with Crippen LogP contribution in [0.15, 0.2) is 135 Å². The largest absolute Gasteiger partial charge is 0.497 e. The number of rotatable bonds is 8. The summed E-state index contributed by atoms with van der Waals surface area (Å²) in [5.74, 6) is 2.17. The van der Waals surface area contributed by atoms with E-state index in [1.54, 1.807) is 20.4 Å². The fourth-order valence-electron chi connectivity index (χ4n) is 3.80. The van der Waals surface area contributed by atoms with Gasteiger partial charge in [0.15, 0.2) is 5.84 Å². The van der Waals surface area contributed by atoms with Gasteiger partial charge in [-0.1, -0.05) is 54.6 Å². The van der Waals surface area contributed by atoms with Gasteiger partial charge in [-0.3, -0.25) is 4.90 Å². The maximum atomic E-state index is 5.32. The second-order valence-electron chi connectivity index (χ2n) is 8.44. The monoisotopic (exact) mass is 545 g/mol. The minimum Gasteiger partial charge on any atom is -0.497 e. The molecule has 5 rings (SSSR count). The molecule has 198 valence electrons. The SMILES string of the molecule is COc1ccc(N=C2S\C(=N/N=C/C=C/c3ccccc3)N(c3ccccc3)C2=Nc2ccc(OC)cc2)cc1. The number of allylic oxidation sites excluding steroid dienone is 1. The average Bonchev–Trinajstić information content (AvgIpc) is 3.34. The summed E-state index contributed by atoms with van der Waals surface area (Å²) in [6.07, 6.45) is 5.51. The fourth-order valence-corrected chi connectivity index (χ4v) is 4.73. The van der Waals surface area contributed by atoms with E-state index in [-0.39, 0.29) is 0 Å². The molecule has 0 radical (unpaired) electrons. The molecule has 0 atom stereocenters. The van der Waals surface area contributed by atoms with Crippen LogP contribution in [0.2, 0.25) is 0 Å². The molecule has 0 unspecified atom stereocenters. The van der Waals surface area contributed by atoms with E-state index in [4.69, 9.17) is 19.5 Å². The molecule has 4 aromatic carbocycles. The van der Waals surface area contributed by atoms with Crippen molar-refractivity contribution in [1.82, 2.24) is 0 Å². The second kappa shape index (κ2) is 13.2. The molecule has 0 spiro atoms. The van der Waals surface area contributed by atoms with Crippen LogP contribution < -0.4 is 14.4 Å². The van der Waals surface area contributed by atoms with E-state index >= 15 is 0 Å². The molecule has 1 saturated heterocycles. The van der Waals surface area contributed by atoms with Crippen molar-refractivity contribution in [1.29, 1.82) is 0 Å². The maximum absolute atomic E-state index is 5.32. The smallest absolute Gasteiger partial charge is 0.202 e. The summed E-state index contributed by atoms with van der Waals surface area (Å²) in [7, 11) is 3.28. The third-order valence-corrected chi connectivity index (χ3v) is 6.71. The molecule has 1 aliphatic heterocycles. The Kier molecular flexibility index (Phi) is 8.80. The summed E-state index contributed by atoms with van der Waals surface area (Å²) in [4.78, 5) is 11.9. The van der Waals surface area contributed by atoms with Crippen molar-refractivity contribution < 1.29 is 9.47 Å². The molecule has 8 heteroatoms. The van der Waals surface area contributed by atoms with Gasteiger partial charge in [0.1, 0.15) is 16.5 Å². The third kappa shape index (κ3) is 6.73. The number of hydrogen-bond donors (Lipinski definition) is 0. The standard InChI is InChI=1S/C32H27N5O2S/c1-38-28-19-15-25(16-20-28)34-30-31(35-26-17-21-29(39-2)22-18-26)40-32(37(30)27-13-7-4-8-14-27)36-33-23-9-12-24-10-5-3-6-11-24/h3-23H,1-2H3/b12-9+,33-23+,34-30?,35-31?,36-32-. The van der Waals surface area contributed by atoms with E-state index in [1.165, 1.54) is 11.8 Å². The van der Waals surface area contributed by atoms with Gasteiger partial charge in [0.05, 0.1) is 25.6 Å². The number of hydrogen-bond acceptors (Lipinski definition) is 7. The predicted octanol–water partition coefficient (Wildman–Crippen LogP) is 7.77. The number of aliphatic imine (C=N–C) groups is 2. The first-order chi connectivity index (χ1) is 19.7. The van der Waals surface area contributed by atoms with E-state index in [1.807, 2.05) is 126 Å². The fraction of sp³-hybridized carbons (Fsp3) is 0.0625. The Balaban J connectivity index is 1.56. The van der Waals surface area contributed by atoms with E-state index in [9.17, 15) is 0 Å². The second-order valence-corrected chi connectivity index (χ2v) is 9.39. The van der Waals surface area contributed by atoms with Gasteiger partial charge in [-0.2, -0.15) is 5.10 Å². The Labute approximate surface area is 237 Å². The van der Waals surface area contributed by atoms with Gasteiger partial charge in [-0.25, -0.2) is 9.98 Å². The maximum Gasteiger partial charge on any atom is 0.202 e. The molecule has 1 aliphatic rings. The Bertz CT molecular complexity index is 1560. The van der Waals surface area contributed by atoms with Crippen LogP contribution in [0.3, 0.4) is 0 Å². The molecule has 0 amide bonds. The third-order valence-electron chi connectivity index (χ3n) is 5.79. The van der Waals surface area contributed by atoms with Crippen molar-refractivity contribution in [3.8, 4) is 11.5 Å². The number of ether oxygens (including phenoxy) is 2. The van der Waals surface area contributed by atoms with Crippen LogP contribution >= 0.6 is 11.8 Å². The van der Waals surface area contributed by atoms with Crippen molar-refractivity contribution >= 4 is 57.2 Å². The van der Waals surface area contributed by atoms with Crippen LogP contribution in [0.5, 0.6) is 11.5 Å². The average molecular weight is 546 g/mol. The number of thioether (sulfide) groups is 1. The van der Waals surface area contributed by atoms with Crippen molar-refractivity contribution in [2.24, 2.45) is 20.2 Å². The van der Waals surface area contributed by atoms with Crippen LogP contribution in [0, 0.1) is 0 Å². The lowest BCUT2D eigenvalue weighted by Crippen LogP contribution is -2.30. The molecule has 0 saturated carbocycles. The summed E-state index contributed by atoms with van der Waals surface area (Å²) in [5, 5.41) is 10.2.